The number of anilines is 2. The molecule has 2 aromatic carbocycles. The number of nitrogens with zero attached hydrogens (tertiary/aromatic N) is 1. The van der Waals surface area contributed by atoms with E-state index in [1.807, 2.05) is 31.2 Å². The van der Waals surface area contributed by atoms with Crippen molar-refractivity contribution >= 4 is 39.9 Å². The van der Waals surface area contributed by atoms with Crippen molar-refractivity contribution in [3.8, 4) is 0 Å². The van der Waals surface area contributed by atoms with Gasteiger partial charge in [0.1, 0.15) is 0 Å². The first-order valence-electron chi connectivity index (χ1n) is 6.62. The highest BCUT2D eigenvalue weighted by Crippen LogP contribution is 2.19. The van der Waals surface area contributed by atoms with Crippen LogP contribution in [-0.4, -0.2) is 19.3 Å². The van der Waals surface area contributed by atoms with Crippen molar-refractivity contribution in [2.24, 2.45) is 0 Å². The fourth-order valence-electron chi connectivity index (χ4n) is 1.92. The fraction of sp³-hybridized carbons (Fsp3) is 0.188. The van der Waals surface area contributed by atoms with Crippen molar-refractivity contribution in [2.45, 2.75) is 6.92 Å². The number of amides is 1. The third-order valence-electron chi connectivity index (χ3n) is 3.14. The van der Waals surface area contributed by atoms with Crippen LogP contribution in [0, 0.1) is 3.57 Å². The molecule has 1 N–H and O–H groups in total. The molecule has 110 valence electrons. The van der Waals surface area contributed by atoms with Gasteiger partial charge >= 0.3 is 0 Å². The van der Waals surface area contributed by atoms with E-state index in [4.69, 9.17) is 0 Å². The number of para-hydroxylation sites is 1. The summed E-state index contributed by atoms with van der Waals surface area (Å²) in [7, 11) is 0. The molecule has 0 aliphatic heterocycles. The summed E-state index contributed by atoms with van der Waals surface area (Å²) in [6.07, 6.45) is 0. The van der Waals surface area contributed by atoms with E-state index >= 15 is 0 Å². The molecule has 0 saturated carbocycles. The van der Waals surface area contributed by atoms with E-state index in [-0.39, 0.29) is 5.91 Å². The Labute approximate surface area is 137 Å². The topological polar surface area (TPSA) is 32.3 Å². The molecule has 1 amide bonds. The zero-order chi connectivity index (χ0) is 15.2. The molecular weight excluding hydrogens is 382 g/mol. The molecular formula is C16H16FIN2O. The summed E-state index contributed by atoms with van der Waals surface area (Å²) in [5, 5.41) is 2.87. The number of carbonyl (C=O) groups excluding carboxylic acids is 1. The first kappa shape index (κ1) is 15.8. The van der Waals surface area contributed by atoms with Gasteiger partial charge in [0.2, 0.25) is 0 Å². The molecule has 0 aliphatic carbocycles. The molecule has 0 radical (unpaired) electrons. The van der Waals surface area contributed by atoms with E-state index in [1.54, 1.807) is 29.2 Å². The molecule has 0 bridgehead atoms. The summed E-state index contributed by atoms with van der Waals surface area (Å²) in [6, 6.07) is 14.5. The van der Waals surface area contributed by atoms with Gasteiger partial charge in [-0.3, -0.25) is 4.79 Å². The molecule has 0 spiro atoms. The first-order valence-corrected chi connectivity index (χ1v) is 7.70. The second kappa shape index (κ2) is 7.40. The Hall–Kier alpha value is -1.63. The van der Waals surface area contributed by atoms with E-state index in [0.717, 1.165) is 14.9 Å². The van der Waals surface area contributed by atoms with Crippen LogP contribution in [0.1, 0.15) is 17.3 Å². The smallest absolute Gasteiger partial charge is 0.255 e. The van der Waals surface area contributed by atoms with E-state index < -0.39 is 6.80 Å². The Morgan fingerprint density at radius 3 is 2.43 bits per heavy atom. The fourth-order valence-corrected chi connectivity index (χ4v) is 2.44. The molecule has 5 heteroatoms. The van der Waals surface area contributed by atoms with Gasteiger partial charge in [-0.15, -0.1) is 0 Å². The molecule has 0 saturated heterocycles. The lowest BCUT2D eigenvalue weighted by Gasteiger charge is -2.18. The molecule has 2 rings (SSSR count). The van der Waals surface area contributed by atoms with Gasteiger partial charge in [-0.1, -0.05) is 12.1 Å². The Morgan fingerprint density at radius 1 is 1.19 bits per heavy atom. The van der Waals surface area contributed by atoms with Gasteiger partial charge in [0.05, 0.1) is 5.69 Å². The van der Waals surface area contributed by atoms with E-state index in [1.165, 1.54) is 0 Å². The molecule has 21 heavy (non-hydrogen) atoms. The highest BCUT2D eigenvalue weighted by Gasteiger charge is 2.09. The molecule has 3 nitrogen and oxygen atoms in total. The number of halogens is 2. The highest BCUT2D eigenvalue weighted by atomic mass is 127. The number of hydrogen-bond donors (Lipinski definition) is 1. The average Bonchev–Trinajstić information content (AvgIpc) is 2.51. The van der Waals surface area contributed by atoms with Crippen molar-refractivity contribution in [3.05, 3.63) is 57.7 Å². The molecule has 0 atom stereocenters. The monoisotopic (exact) mass is 398 g/mol. The predicted octanol–water partition coefficient (Wildman–Crippen LogP) is 4.30. The second-order valence-corrected chi connectivity index (χ2v) is 5.62. The maximum atomic E-state index is 12.8. The van der Waals surface area contributed by atoms with Crippen LogP contribution < -0.4 is 10.2 Å². The first-order chi connectivity index (χ1) is 10.2. The maximum absolute atomic E-state index is 12.8. The number of alkyl halides is 1. The predicted molar refractivity (Wildman–Crippen MR) is 92.5 cm³/mol. The minimum absolute atomic E-state index is 0.172. The Kier molecular flexibility index (Phi) is 5.55. The van der Waals surface area contributed by atoms with Crippen molar-refractivity contribution < 1.29 is 9.18 Å². The minimum atomic E-state index is -0.537. The normalized spacial score (nSPS) is 10.2. The van der Waals surface area contributed by atoms with Crippen molar-refractivity contribution in [3.63, 3.8) is 0 Å². The van der Waals surface area contributed by atoms with Gasteiger partial charge in [-0.25, -0.2) is 4.39 Å². The molecule has 0 fully saturated rings. The van der Waals surface area contributed by atoms with Crippen molar-refractivity contribution in [1.29, 1.82) is 0 Å². The van der Waals surface area contributed by atoms with Gasteiger partial charge in [0.15, 0.2) is 6.80 Å². The van der Waals surface area contributed by atoms with Gasteiger partial charge in [0.25, 0.3) is 5.91 Å². The minimum Gasteiger partial charge on any atom is -0.345 e. The van der Waals surface area contributed by atoms with E-state index in [9.17, 15) is 9.18 Å². The summed E-state index contributed by atoms with van der Waals surface area (Å²) in [5.41, 5.74) is 2.10. The number of carbonyl (C=O) groups is 1. The lowest BCUT2D eigenvalue weighted by molar-refractivity contribution is 0.102. The van der Waals surface area contributed by atoms with Crippen LogP contribution in [0.3, 0.4) is 0 Å². The molecule has 0 unspecified atom stereocenters. The highest BCUT2D eigenvalue weighted by molar-refractivity contribution is 14.1. The SMILES string of the molecule is CCN(CF)c1ccc(C(=O)Nc2ccccc2I)cc1. The Morgan fingerprint density at radius 2 is 1.86 bits per heavy atom. The summed E-state index contributed by atoms with van der Waals surface area (Å²) in [6.45, 7) is 1.94. The number of rotatable bonds is 5. The van der Waals surface area contributed by atoms with E-state index in [2.05, 4.69) is 27.9 Å². The lowest BCUT2D eigenvalue weighted by atomic mass is 10.2. The maximum Gasteiger partial charge on any atom is 0.255 e. The van der Waals surface area contributed by atoms with Crippen LogP contribution in [0.4, 0.5) is 15.8 Å². The largest absolute Gasteiger partial charge is 0.345 e. The third kappa shape index (κ3) is 3.93. The lowest BCUT2D eigenvalue weighted by Crippen LogP contribution is -2.21. The number of nitrogens with one attached hydrogen (secondary N) is 1. The van der Waals surface area contributed by atoms with Crippen LogP contribution >= 0.6 is 22.6 Å². The van der Waals surface area contributed by atoms with Gasteiger partial charge < -0.3 is 10.2 Å². The molecule has 0 aliphatic rings. The number of benzene rings is 2. The van der Waals surface area contributed by atoms with Gasteiger partial charge in [-0.05, 0) is 65.9 Å². The molecule has 0 heterocycles. The Balaban J connectivity index is 2.12. The number of hydrogen-bond acceptors (Lipinski definition) is 2. The molecule has 0 aromatic heterocycles. The average molecular weight is 398 g/mol. The third-order valence-corrected chi connectivity index (χ3v) is 4.08. The van der Waals surface area contributed by atoms with Crippen LogP contribution in [0.15, 0.2) is 48.5 Å². The zero-order valence-corrected chi connectivity index (χ0v) is 13.8. The Bertz CT molecular complexity index is 612. The standard InChI is InChI=1S/C16H16FIN2O/c1-2-20(11-17)13-9-7-12(8-10-13)16(21)19-15-6-4-3-5-14(15)18/h3-10H,2,11H2,1H3,(H,19,21). The second-order valence-electron chi connectivity index (χ2n) is 4.46. The summed E-state index contributed by atoms with van der Waals surface area (Å²) in [4.78, 5) is 13.8. The van der Waals surface area contributed by atoms with Crippen LogP contribution in [0.5, 0.6) is 0 Å². The summed E-state index contributed by atoms with van der Waals surface area (Å²) < 4.78 is 13.8. The van der Waals surface area contributed by atoms with Gasteiger partial charge in [0, 0.05) is 21.4 Å². The summed E-state index contributed by atoms with van der Waals surface area (Å²) >= 11 is 2.17. The quantitative estimate of drug-likeness (QED) is 0.602. The van der Waals surface area contributed by atoms with Crippen LogP contribution in [0.25, 0.3) is 0 Å². The van der Waals surface area contributed by atoms with Crippen LogP contribution in [-0.2, 0) is 0 Å². The molecule has 2 aromatic rings. The van der Waals surface area contributed by atoms with E-state index in [0.29, 0.717) is 12.1 Å². The van der Waals surface area contributed by atoms with Gasteiger partial charge in [-0.2, -0.15) is 0 Å². The zero-order valence-electron chi connectivity index (χ0n) is 11.6. The summed E-state index contributed by atoms with van der Waals surface area (Å²) in [5.74, 6) is -0.172. The van der Waals surface area contributed by atoms with Crippen molar-refractivity contribution in [1.82, 2.24) is 0 Å². The van der Waals surface area contributed by atoms with Crippen molar-refractivity contribution in [2.75, 3.05) is 23.6 Å². The van der Waals surface area contributed by atoms with Crippen LogP contribution in [0.2, 0.25) is 0 Å².